The van der Waals surface area contributed by atoms with E-state index in [9.17, 15) is 9.59 Å². The third-order valence-corrected chi connectivity index (χ3v) is 5.41. The summed E-state index contributed by atoms with van der Waals surface area (Å²) in [5.41, 5.74) is 1.48. The van der Waals surface area contributed by atoms with Crippen molar-refractivity contribution in [3.05, 3.63) is 47.0 Å². The highest BCUT2D eigenvalue weighted by Crippen LogP contribution is 2.38. The van der Waals surface area contributed by atoms with Crippen molar-refractivity contribution >= 4 is 34.8 Å². The van der Waals surface area contributed by atoms with Crippen LogP contribution in [0.2, 0.25) is 5.02 Å². The SMILES string of the molecule is O=C(CCC1CCCC1)Nc1ccc2c(c1)C(=O)Nc1cc(Cl)ccc1O2. The Labute approximate surface area is 163 Å². The molecular weight excluding hydrogens is 364 g/mol. The zero-order valence-electron chi connectivity index (χ0n) is 14.9. The molecule has 0 saturated heterocycles. The Balaban J connectivity index is 1.47. The number of carbonyl (C=O) groups excluding carboxylic acids is 2. The van der Waals surface area contributed by atoms with Gasteiger partial charge in [0.25, 0.3) is 5.91 Å². The Morgan fingerprint density at radius 2 is 1.93 bits per heavy atom. The molecule has 27 heavy (non-hydrogen) atoms. The van der Waals surface area contributed by atoms with Gasteiger partial charge in [-0.25, -0.2) is 0 Å². The Bertz CT molecular complexity index is 891. The second-order valence-electron chi connectivity index (χ2n) is 7.14. The third kappa shape index (κ3) is 4.08. The summed E-state index contributed by atoms with van der Waals surface area (Å²) in [6, 6.07) is 10.2. The van der Waals surface area contributed by atoms with E-state index in [2.05, 4.69) is 10.6 Å². The first-order chi connectivity index (χ1) is 13.1. The molecule has 5 nitrogen and oxygen atoms in total. The molecule has 2 aromatic carbocycles. The van der Waals surface area contributed by atoms with Crippen LogP contribution in [0.3, 0.4) is 0 Å². The van der Waals surface area contributed by atoms with Crippen molar-refractivity contribution < 1.29 is 14.3 Å². The summed E-state index contributed by atoms with van der Waals surface area (Å²) in [7, 11) is 0. The van der Waals surface area contributed by atoms with Gasteiger partial charge in [0.05, 0.1) is 11.3 Å². The summed E-state index contributed by atoms with van der Waals surface area (Å²) in [6.45, 7) is 0. The molecule has 2 aromatic rings. The van der Waals surface area contributed by atoms with Gasteiger partial charge in [0.2, 0.25) is 5.91 Å². The zero-order valence-corrected chi connectivity index (χ0v) is 15.6. The minimum atomic E-state index is -0.298. The highest BCUT2D eigenvalue weighted by Gasteiger charge is 2.22. The molecule has 0 bridgehead atoms. The topological polar surface area (TPSA) is 67.4 Å². The van der Waals surface area contributed by atoms with Crippen molar-refractivity contribution in [3.63, 3.8) is 0 Å². The van der Waals surface area contributed by atoms with E-state index < -0.39 is 0 Å². The minimum absolute atomic E-state index is 0.0214. The molecule has 0 unspecified atom stereocenters. The van der Waals surface area contributed by atoms with Crippen LogP contribution in [-0.2, 0) is 4.79 Å². The molecule has 2 N–H and O–H groups in total. The van der Waals surface area contributed by atoms with E-state index in [4.69, 9.17) is 16.3 Å². The van der Waals surface area contributed by atoms with E-state index in [0.29, 0.717) is 45.8 Å². The number of nitrogens with one attached hydrogen (secondary N) is 2. The van der Waals surface area contributed by atoms with Gasteiger partial charge in [-0.15, -0.1) is 0 Å². The summed E-state index contributed by atoms with van der Waals surface area (Å²) >= 11 is 5.99. The van der Waals surface area contributed by atoms with Gasteiger partial charge < -0.3 is 15.4 Å². The van der Waals surface area contributed by atoms with Crippen LogP contribution in [0, 0.1) is 5.92 Å². The van der Waals surface area contributed by atoms with Crippen LogP contribution in [0.5, 0.6) is 11.5 Å². The quantitative estimate of drug-likeness (QED) is 0.720. The molecule has 0 spiro atoms. The van der Waals surface area contributed by atoms with Crippen molar-refractivity contribution in [1.82, 2.24) is 0 Å². The second kappa shape index (κ2) is 7.61. The molecule has 2 aliphatic rings. The van der Waals surface area contributed by atoms with E-state index in [1.807, 2.05) is 0 Å². The number of halogens is 1. The van der Waals surface area contributed by atoms with Crippen molar-refractivity contribution in [1.29, 1.82) is 0 Å². The average molecular weight is 385 g/mol. The van der Waals surface area contributed by atoms with Crippen molar-refractivity contribution in [2.75, 3.05) is 10.6 Å². The Kier molecular flexibility index (Phi) is 5.03. The number of ether oxygens (including phenoxy) is 1. The first-order valence-corrected chi connectivity index (χ1v) is 9.69. The molecular formula is C21H21ClN2O3. The monoisotopic (exact) mass is 384 g/mol. The van der Waals surface area contributed by atoms with Gasteiger partial charge in [0, 0.05) is 17.1 Å². The molecule has 1 heterocycles. The fourth-order valence-corrected chi connectivity index (χ4v) is 3.90. The lowest BCUT2D eigenvalue weighted by atomic mass is 10.0. The van der Waals surface area contributed by atoms with Crippen LogP contribution in [0.1, 0.15) is 48.9 Å². The summed E-state index contributed by atoms with van der Waals surface area (Å²) in [5, 5.41) is 6.21. The molecule has 0 atom stereocenters. The third-order valence-electron chi connectivity index (χ3n) is 5.17. The Morgan fingerprint density at radius 1 is 1.15 bits per heavy atom. The van der Waals surface area contributed by atoms with Crippen LogP contribution in [-0.4, -0.2) is 11.8 Å². The smallest absolute Gasteiger partial charge is 0.259 e. The summed E-state index contributed by atoms with van der Waals surface area (Å²) < 4.78 is 5.85. The largest absolute Gasteiger partial charge is 0.454 e. The molecule has 6 heteroatoms. The van der Waals surface area contributed by atoms with E-state index >= 15 is 0 Å². The van der Waals surface area contributed by atoms with Gasteiger partial charge in [0.1, 0.15) is 5.75 Å². The normalized spacial score (nSPS) is 16.0. The lowest BCUT2D eigenvalue weighted by Gasteiger charge is -2.11. The summed E-state index contributed by atoms with van der Waals surface area (Å²) in [5.74, 6) is 1.32. The number of hydrogen-bond donors (Lipinski definition) is 2. The fourth-order valence-electron chi connectivity index (χ4n) is 3.73. The number of rotatable bonds is 4. The van der Waals surface area contributed by atoms with E-state index in [0.717, 1.165) is 6.42 Å². The molecule has 140 valence electrons. The van der Waals surface area contributed by atoms with E-state index in [-0.39, 0.29) is 11.8 Å². The molecule has 1 saturated carbocycles. The van der Waals surface area contributed by atoms with Gasteiger partial charge in [-0.3, -0.25) is 9.59 Å². The van der Waals surface area contributed by atoms with Crippen molar-refractivity contribution in [2.45, 2.75) is 38.5 Å². The maximum absolute atomic E-state index is 12.6. The maximum Gasteiger partial charge on any atom is 0.259 e. The summed E-state index contributed by atoms with van der Waals surface area (Å²) in [4.78, 5) is 24.8. The van der Waals surface area contributed by atoms with E-state index in [1.54, 1.807) is 36.4 Å². The fraction of sp³-hybridized carbons (Fsp3) is 0.333. The number of anilines is 2. The lowest BCUT2D eigenvalue weighted by molar-refractivity contribution is -0.116. The molecule has 1 aliphatic carbocycles. The molecule has 1 fully saturated rings. The van der Waals surface area contributed by atoms with Gasteiger partial charge in [0.15, 0.2) is 5.75 Å². The number of carbonyl (C=O) groups is 2. The van der Waals surface area contributed by atoms with Crippen LogP contribution in [0.15, 0.2) is 36.4 Å². The highest BCUT2D eigenvalue weighted by molar-refractivity contribution is 6.31. The zero-order chi connectivity index (χ0) is 18.8. The summed E-state index contributed by atoms with van der Waals surface area (Å²) in [6.07, 6.45) is 6.45. The van der Waals surface area contributed by atoms with Gasteiger partial charge in [-0.1, -0.05) is 37.3 Å². The predicted molar refractivity (Wildman–Crippen MR) is 106 cm³/mol. The first kappa shape index (κ1) is 17.9. The molecule has 0 radical (unpaired) electrons. The number of fused-ring (bicyclic) bond motifs is 2. The number of hydrogen-bond acceptors (Lipinski definition) is 3. The van der Waals surface area contributed by atoms with Crippen molar-refractivity contribution in [3.8, 4) is 11.5 Å². The molecule has 0 aromatic heterocycles. The van der Waals surface area contributed by atoms with Crippen LogP contribution < -0.4 is 15.4 Å². The minimum Gasteiger partial charge on any atom is -0.454 e. The first-order valence-electron chi connectivity index (χ1n) is 9.31. The number of amides is 2. The molecule has 1 aliphatic heterocycles. The second-order valence-corrected chi connectivity index (χ2v) is 7.58. The standard InChI is InChI=1S/C21H21ClN2O3/c22-14-6-8-19-17(11-14)24-21(26)16-12-15(7-9-18(16)27-19)23-20(25)10-5-13-3-1-2-4-13/h6-9,11-13H,1-5,10H2,(H,23,25)(H,24,26). The molecule has 4 rings (SSSR count). The van der Waals surface area contributed by atoms with Crippen molar-refractivity contribution in [2.24, 2.45) is 5.92 Å². The van der Waals surface area contributed by atoms with Crippen LogP contribution >= 0.6 is 11.6 Å². The Morgan fingerprint density at radius 3 is 2.74 bits per heavy atom. The predicted octanol–water partition coefficient (Wildman–Crippen LogP) is 5.61. The van der Waals surface area contributed by atoms with E-state index in [1.165, 1.54) is 25.7 Å². The lowest BCUT2D eigenvalue weighted by Crippen LogP contribution is -2.14. The van der Waals surface area contributed by atoms with Crippen LogP contribution in [0.4, 0.5) is 11.4 Å². The Hall–Kier alpha value is -2.53. The van der Waals surface area contributed by atoms with Gasteiger partial charge >= 0.3 is 0 Å². The van der Waals surface area contributed by atoms with Crippen LogP contribution in [0.25, 0.3) is 0 Å². The van der Waals surface area contributed by atoms with Gasteiger partial charge in [-0.05, 0) is 48.7 Å². The average Bonchev–Trinajstić information content (AvgIpc) is 3.12. The number of benzene rings is 2. The van der Waals surface area contributed by atoms with Gasteiger partial charge in [-0.2, -0.15) is 0 Å². The molecule has 2 amide bonds. The maximum atomic E-state index is 12.6. The highest BCUT2D eigenvalue weighted by atomic mass is 35.5.